The summed E-state index contributed by atoms with van der Waals surface area (Å²) in [6, 6.07) is 15.1. The summed E-state index contributed by atoms with van der Waals surface area (Å²) in [5, 5.41) is 17.4. The van der Waals surface area contributed by atoms with Crippen LogP contribution < -0.4 is 10.6 Å². The molecule has 2 N–H and O–H groups in total. The number of nitrogens with zero attached hydrogens (tertiary/aromatic N) is 2. The maximum Gasteiger partial charge on any atom is 0.135 e. The molecule has 2 aromatic heterocycles. The highest BCUT2D eigenvalue weighted by Gasteiger charge is 2.17. The number of thiophene rings is 1. The van der Waals surface area contributed by atoms with Crippen molar-refractivity contribution >= 4 is 27.2 Å². The fourth-order valence-electron chi connectivity index (χ4n) is 3.13. The normalized spacial score (nSPS) is 17.5. The van der Waals surface area contributed by atoms with Gasteiger partial charge in [-0.15, -0.1) is 11.3 Å². The maximum absolute atomic E-state index is 9.41. The largest absolute Gasteiger partial charge is 0.366 e. The Labute approximate surface area is 145 Å². The molecule has 120 valence electrons. The lowest BCUT2D eigenvalue weighted by molar-refractivity contribution is 0.479. The van der Waals surface area contributed by atoms with E-state index in [0.717, 1.165) is 35.4 Å². The standard InChI is InChI=1S/C19H18N4S/c20-10-14-11-22-19(23-15-7-4-8-21-12-15)16-9-17(24-18(14)16)13-5-2-1-3-6-13/h1-3,5-6,9,11,15,21H,4,7-8,12H2,(H,22,23)/t15-/m0/s1. The van der Waals surface area contributed by atoms with Gasteiger partial charge in [0.1, 0.15) is 11.9 Å². The van der Waals surface area contributed by atoms with Gasteiger partial charge in [0.15, 0.2) is 0 Å². The van der Waals surface area contributed by atoms with Crippen molar-refractivity contribution < 1.29 is 0 Å². The van der Waals surface area contributed by atoms with E-state index in [-0.39, 0.29) is 0 Å². The molecule has 1 fully saturated rings. The number of fused-ring (bicyclic) bond motifs is 1. The van der Waals surface area contributed by atoms with Crippen molar-refractivity contribution in [2.75, 3.05) is 18.4 Å². The second-order valence-electron chi connectivity index (χ2n) is 6.04. The predicted molar refractivity (Wildman–Crippen MR) is 99.3 cm³/mol. The van der Waals surface area contributed by atoms with Crippen LogP contribution in [0.4, 0.5) is 5.82 Å². The summed E-state index contributed by atoms with van der Waals surface area (Å²) in [7, 11) is 0. The molecular formula is C19H18N4S. The first-order valence-corrected chi connectivity index (χ1v) is 9.02. The van der Waals surface area contributed by atoms with Crippen molar-refractivity contribution in [3.05, 3.63) is 48.2 Å². The molecule has 0 aliphatic carbocycles. The summed E-state index contributed by atoms with van der Waals surface area (Å²) in [6.45, 7) is 2.05. The number of nitrogens with one attached hydrogen (secondary N) is 2. The van der Waals surface area contributed by atoms with E-state index in [2.05, 4.69) is 39.9 Å². The van der Waals surface area contributed by atoms with E-state index in [1.807, 2.05) is 18.2 Å². The molecule has 1 atom stereocenters. The first-order valence-electron chi connectivity index (χ1n) is 8.20. The van der Waals surface area contributed by atoms with Crippen LogP contribution in [0, 0.1) is 11.3 Å². The average molecular weight is 334 g/mol. The van der Waals surface area contributed by atoms with Gasteiger partial charge in [-0.05, 0) is 31.0 Å². The number of benzene rings is 1. The van der Waals surface area contributed by atoms with E-state index >= 15 is 0 Å². The maximum atomic E-state index is 9.41. The first kappa shape index (κ1) is 15.1. The zero-order chi connectivity index (χ0) is 16.4. The van der Waals surface area contributed by atoms with Gasteiger partial charge in [0.25, 0.3) is 0 Å². The van der Waals surface area contributed by atoms with E-state index in [0.29, 0.717) is 11.6 Å². The van der Waals surface area contributed by atoms with E-state index < -0.39 is 0 Å². The minimum Gasteiger partial charge on any atom is -0.366 e. The van der Waals surface area contributed by atoms with Crippen molar-refractivity contribution in [1.82, 2.24) is 10.3 Å². The lowest BCUT2D eigenvalue weighted by Gasteiger charge is -2.24. The number of piperidine rings is 1. The van der Waals surface area contributed by atoms with Crippen LogP contribution in [-0.4, -0.2) is 24.1 Å². The third kappa shape index (κ3) is 2.86. The van der Waals surface area contributed by atoms with Gasteiger partial charge in [-0.1, -0.05) is 30.3 Å². The monoisotopic (exact) mass is 334 g/mol. The van der Waals surface area contributed by atoms with Crippen LogP contribution in [-0.2, 0) is 0 Å². The average Bonchev–Trinajstić information content (AvgIpc) is 3.09. The van der Waals surface area contributed by atoms with Gasteiger partial charge in [-0.25, -0.2) is 4.98 Å². The molecule has 24 heavy (non-hydrogen) atoms. The lowest BCUT2D eigenvalue weighted by Crippen LogP contribution is -2.38. The van der Waals surface area contributed by atoms with Crippen molar-refractivity contribution in [2.45, 2.75) is 18.9 Å². The molecule has 0 amide bonds. The fraction of sp³-hybridized carbons (Fsp3) is 0.263. The zero-order valence-corrected chi connectivity index (χ0v) is 14.1. The second-order valence-corrected chi connectivity index (χ2v) is 7.09. The van der Waals surface area contributed by atoms with Crippen molar-refractivity contribution in [1.29, 1.82) is 5.26 Å². The molecule has 0 unspecified atom stereocenters. The van der Waals surface area contributed by atoms with Crippen LogP contribution in [0.15, 0.2) is 42.6 Å². The van der Waals surface area contributed by atoms with Gasteiger partial charge in [0, 0.05) is 29.0 Å². The van der Waals surface area contributed by atoms with Crippen molar-refractivity contribution in [3.63, 3.8) is 0 Å². The van der Waals surface area contributed by atoms with Gasteiger partial charge in [0.05, 0.1) is 10.3 Å². The molecule has 0 radical (unpaired) electrons. The number of hydrogen-bond donors (Lipinski definition) is 2. The molecule has 1 aliphatic rings. The molecular weight excluding hydrogens is 316 g/mol. The van der Waals surface area contributed by atoms with Gasteiger partial charge in [-0.3, -0.25) is 0 Å². The van der Waals surface area contributed by atoms with E-state index in [1.54, 1.807) is 17.5 Å². The topological polar surface area (TPSA) is 60.7 Å². The highest BCUT2D eigenvalue weighted by Crippen LogP contribution is 2.38. The summed E-state index contributed by atoms with van der Waals surface area (Å²) in [5.74, 6) is 0.885. The predicted octanol–water partition coefficient (Wildman–Crippen LogP) is 4.00. The number of aromatic nitrogens is 1. The summed E-state index contributed by atoms with van der Waals surface area (Å²) < 4.78 is 1.01. The smallest absolute Gasteiger partial charge is 0.135 e. The molecule has 0 spiro atoms. The Bertz CT molecular complexity index is 889. The second kappa shape index (κ2) is 6.60. The molecule has 4 rings (SSSR count). The molecule has 0 bridgehead atoms. The summed E-state index contributed by atoms with van der Waals surface area (Å²) in [6.07, 6.45) is 4.01. The molecule has 3 heterocycles. The van der Waals surface area contributed by atoms with Crippen LogP contribution >= 0.6 is 11.3 Å². The SMILES string of the molecule is N#Cc1cnc(N[C@H]2CCCNC2)c2cc(-c3ccccc3)sc12. The van der Waals surface area contributed by atoms with Crippen LogP contribution in [0.1, 0.15) is 18.4 Å². The van der Waals surface area contributed by atoms with E-state index in [9.17, 15) is 5.26 Å². The quantitative estimate of drug-likeness (QED) is 0.760. The number of nitriles is 1. The third-order valence-electron chi connectivity index (χ3n) is 4.37. The number of pyridine rings is 1. The minimum absolute atomic E-state index is 0.391. The highest BCUT2D eigenvalue weighted by molar-refractivity contribution is 7.22. The summed E-state index contributed by atoms with van der Waals surface area (Å²) >= 11 is 1.66. The Morgan fingerprint density at radius 2 is 2.17 bits per heavy atom. The van der Waals surface area contributed by atoms with Crippen molar-refractivity contribution in [3.8, 4) is 16.5 Å². The molecule has 1 aliphatic heterocycles. The van der Waals surface area contributed by atoms with E-state index in [1.165, 1.54) is 16.9 Å². The third-order valence-corrected chi connectivity index (χ3v) is 5.59. The lowest BCUT2D eigenvalue weighted by atomic mass is 10.1. The summed E-state index contributed by atoms with van der Waals surface area (Å²) in [5.41, 5.74) is 1.82. The zero-order valence-electron chi connectivity index (χ0n) is 13.2. The van der Waals surface area contributed by atoms with Crippen LogP contribution in [0.25, 0.3) is 20.5 Å². The van der Waals surface area contributed by atoms with Gasteiger partial charge in [-0.2, -0.15) is 5.26 Å². The minimum atomic E-state index is 0.391. The Balaban J connectivity index is 1.77. The van der Waals surface area contributed by atoms with E-state index in [4.69, 9.17) is 0 Å². The van der Waals surface area contributed by atoms with Crippen LogP contribution in [0.3, 0.4) is 0 Å². The Morgan fingerprint density at radius 1 is 1.29 bits per heavy atom. The Kier molecular flexibility index (Phi) is 4.16. The van der Waals surface area contributed by atoms with Crippen LogP contribution in [0.5, 0.6) is 0 Å². The molecule has 1 saturated heterocycles. The molecule has 1 aromatic carbocycles. The van der Waals surface area contributed by atoms with Gasteiger partial charge >= 0.3 is 0 Å². The first-order chi connectivity index (χ1) is 11.8. The Hall–Kier alpha value is -2.42. The van der Waals surface area contributed by atoms with Gasteiger partial charge < -0.3 is 10.6 Å². The Morgan fingerprint density at radius 3 is 2.92 bits per heavy atom. The molecule has 4 nitrogen and oxygen atoms in total. The number of hydrogen-bond acceptors (Lipinski definition) is 5. The number of anilines is 1. The summed E-state index contributed by atoms with van der Waals surface area (Å²) in [4.78, 5) is 5.69. The highest BCUT2D eigenvalue weighted by atomic mass is 32.1. The van der Waals surface area contributed by atoms with Crippen molar-refractivity contribution in [2.24, 2.45) is 0 Å². The molecule has 3 aromatic rings. The molecule has 0 saturated carbocycles. The number of rotatable bonds is 3. The fourth-order valence-corrected chi connectivity index (χ4v) is 4.26. The van der Waals surface area contributed by atoms with Gasteiger partial charge in [0.2, 0.25) is 0 Å². The van der Waals surface area contributed by atoms with Crippen LogP contribution in [0.2, 0.25) is 0 Å². The molecule has 5 heteroatoms.